The minimum absolute atomic E-state index is 0. The van der Waals surface area contributed by atoms with Crippen molar-refractivity contribution in [2.45, 2.75) is 0 Å². The second-order valence-corrected chi connectivity index (χ2v) is 3.70. The molecule has 0 saturated heterocycles. The first-order valence-corrected chi connectivity index (χ1v) is 5.15. The van der Waals surface area contributed by atoms with E-state index in [1.165, 1.54) is 21.9 Å². The predicted octanol–water partition coefficient (Wildman–Crippen LogP) is -1.77. The first-order valence-electron chi connectivity index (χ1n) is 5.15. The van der Waals surface area contributed by atoms with Crippen LogP contribution in [0.25, 0.3) is 21.9 Å². The summed E-state index contributed by atoms with van der Waals surface area (Å²) in [6.45, 7) is 0. The van der Waals surface area contributed by atoms with E-state index in [9.17, 15) is 0 Å². The Balaban J connectivity index is 0.000000963. The van der Waals surface area contributed by atoms with Gasteiger partial charge in [0.05, 0.1) is 0 Å². The number of hydrogen-bond acceptors (Lipinski definition) is 0. The molecule has 89 valence electrons. The van der Waals surface area contributed by atoms with Gasteiger partial charge in [-0.1, -0.05) is 42.0 Å². The van der Waals surface area contributed by atoms with Crippen molar-refractivity contribution >= 4 is 10.8 Å². The van der Waals surface area contributed by atoms with Crippen LogP contribution >= 0.6 is 0 Å². The van der Waals surface area contributed by atoms with Crippen molar-refractivity contribution in [1.29, 1.82) is 0 Å². The SMILES string of the molecule is [Br-].[Br-].[Ti+3].c1ccc(-c2cccc3[cH-]ccc23)cc1. The van der Waals surface area contributed by atoms with Gasteiger partial charge in [0, 0.05) is 0 Å². The van der Waals surface area contributed by atoms with Gasteiger partial charge >= 0.3 is 21.7 Å². The van der Waals surface area contributed by atoms with Crippen molar-refractivity contribution in [3.8, 4) is 11.1 Å². The molecule has 0 N–H and O–H groups in total. The van der Waals surface area contributed by atoms with E-state index in [-0.39, 0.29) is 55.7 Å². The van der Waals surface area contributed by atoms with E-state index < -0.39 is 0 Å². The van der Waals surface area contributed by atoms with Crippen LogP contribution in [0, 0.1) is 0 Å². The Morgan fingerprint density at radius 2 is 1.44 bits per heavy atom. The van der Waals surface area contributed by atoms with Crippen LogP contribution in [0.1, 0.15) is 0 Å². The van der Waals surface area contributed by atoms with Crippen LogP contribution in [-0.4, -0.2) is 0 Å². The molecule has 1 radical (unpaired) electrons. The van der Waals surface area contributed by atoms with Gasteiger partial charge in [0.25, 0.3) is 0 Å². The average molecular weight is 399 g/mol. The van der Waals surface area contributed by atoms with Crippen molar-refractivity contribution in [3.05, 3.63) is 66.7 Å². The van der Waals surface area contributed by atoms with Gasteiger partial charge in [-0.2, -0.15) is 12.1 Å². The van der Waals surface area contributed by atoms with Crippen molar-refractivity contribution in [1.82, 2.24) is 0 Å². The number of hydrogen-bond donors (Lipinski definition) is 0. The zero-order chi connectivity index (χ0) is 10.1. The van der Waals surface area contributed by atoms with Crippen LogP contribution in [0.15, 0.2) is 66.7 Å². The molecular weight excluding hydrogens is 388 g/mol. The van der Waals surface area contributed by atoms with E-state index >= 15 is 0 Å². The van der Waals surface area contributed by atoms with E-state index in [0.717, 1.165) is 0 Å². The molecule has 0 bridgehead atoms. The van der Waals surface area contributed by atoms with Crippen molar-refractivity contribution < 1.29 is 55.7 Å². The molecule has 18 heavy (non-hydrogen) atoms. The van der Waals surface area contributed by atoms with Crippen molar-refractivity contribution in [2.24, 2.45) is 0 Å². The third kappa shape index (κ3) is 3.39. The van der Waals surface area contributed by atoms with Gasteiger partial charge in [0.1, 0.15) is 0 Å². The molecule has 0 heterocycles. The minimum atomic E-state index is 0. The molecule has 0 spiro atoms. The molecule has 0 atom stereocenters. The van der Waals surface area contributed by atoms with Gasteiger partial charge in [-0.25, -0.2) is 0 Å². The number of benzene rings is 2. The predicted molar refractivity (Wildman–Crippen MR) is 65.0 cm³/mol. The van der Waals surface area contributed by atoms with E-state index in [0.29, 0.717) is 0 Å². The van der Waals surface area contributed by atoms with Crippen LogP contribution < -0.4 is 34.0 Å². The Kier molecular flexibility index (Phi) is 7.89. The molecule has 0 unspecified atom stereocenters. The zero-order valence-electron chi connectivity index (χ0n) is 9.61. The molecule has 3 heteroatoms. The summed E-state index contributed by atoms with van der Waals surface area (Å²) in [5.74, 6) is 0. The maximum absolute atomic E-state index is 2.18. The smallest absolute Gasteiger partial charge is 1.00 e. The summed E-state index contributed by atoms with van der Waals surface area (Å²) in [5.41, 5.74) is 2.60. The van der Waals surface area contributed by atoms with E-state index in [1.54, 1.807) is 0 Å². The summed E-state index contributed by atoms with van der Waals surface area (Å²) in [5, 5.41) is 2.65. The Morgan fingerprint density at radius 1 is 0.722 bits per heavy atom. The summed E-state index contributed by atoms with van der Waals surface area (Å²) in [4.78, 5) is 0. The monoisotopic (exact) mass is 397 g/mol. The zero-order valence-corrected chi connectivity index (χ0v) is 14.3. The summed E-state index contributed by atoms with van der Waals surface area (Å²) >= 11 is 0. The number of rotatable bonds is 1. The minimum Gasteiger partial charge on any atom is -1.00 e. The summed E-state index contributed by atoms with van der Waals surface area (Å²) < 4.78 is 0. The Morgan fingerprint density at radius 3 is 2.17 bits per heavy atom. The van der Waals surface area contributed by atoms with Gasteiger partial charge in [-0.3, -0.25) is 0 Å². The van der Waals surface area contributed by atoms with Crippen LogP contribution in [0.2, 0.25) is 0 Å². The normalized spacial score (nSPS) is 8.89. The fraction of sp³-hybridized carbons (Fsp3) is 0. The summed E-state index contributed by atoms with van der Waals surface area (Å²) in [7, 11) is 0. The molecule has 0 aromatic heterocycles. The second-order valence-electron chi connectivity index (χ2n) is 3.70. The van der Waals surface area contributed by atoms with Crippen molar-refractivity contribution in [3.63, 3.8) is 0 Å². The van der Waals surface area contributed by atoms with Gasteiger partial charge < -0.3 is 34.0 Å². The first-order chi connectivity index (χ1) is 7.45. The molecule has 0 fully saturated rings. The fourth-order valence-corrected chi connectivity index (χ4v) is 2.03. The van der Waals surface area contributed by atoms with Crippen LogP contribution in [-0.2, 0) is 21.7 Å². The molecule has 0 amide bonds. The largest absolute Gasteiger partial charge is 3.00 e. The Hall–Kier alpha value is -0.276. The molecule has 0 aliphatic rings. The fourth-order valence-electron chi connectivity index (χ4n) is 2.03. The van der Waals surface area contributed by atoms with Gasteiger partial charge in [0.15, 0.2) is 0 Å². The van der Waals surface area contributed by atoms with Gasteiger partial charge in [-0.05, 0) is 5.56 Å². The molecule has 3 aromatic carbocycles. The maximum Gasteiger partial charge on any atom is 3.00 e. The topological polar surface area (TPSA) is 0 Å². The third-order valence-electron chi connectivity index (χ3n) is 2.76. The maximum atomic E-state index is 2.18. The molecule has 0 aliphatic heterocycles. The standard InChI is InChI=1S/C15H11.2BrH.Ti/c1-2-6-12(7-3-1)14-10-4-8-13-9-5-11-15(13)14;;;/h1-11H;2*1H;/q-1;;;+3/p-2. The molecule has 0 aliphatic carbocycles. The van der Waals surface area contributed by atoms with Crippen LogP contribution in [0.3, 0.4) is 0 Å². The quantitative estimate of drug-likeness (QED) is 0.336. The van der Waals surface area contributed by atoms with E-state index in [1.807, 2.05) is 0 Å². The van der Waals surface area contributed by atoms with Crippen LogP contribution in [0.4, 0.5) is 0 Å². The molecular formula is C15H11Br2Ti. The molecule has 3 aromatic rings. The molecule has 3 rings (SSSR count). The summed E-state index contributed by atoms with van der Waals surface area (Å²) in [6, 6.07) is 23.4. The van der Waals surface area contributed by atoms with Crippen LogP contribution in [0.5, 0.6) is 0 Å². The van der Waals surface area contributed by atoms with Gasteiger partial charge in [-0.15, -0.1) is 29.0 Å². The summed E-state index contributed by atoms with van der Waals surface area (Å²) in [6.07, 6.45) is 0. The third-order valence-corrected chi connectivity index (χ3v) is 2.76. The molecule has 0 nitrogen and oxygen atoms in total. The Bertz CT molecular complexity index is 588. The van der Waals surface area contributed by atoms with Gasteiger partial charge in [0.2, 0.25) is 0 Å². The Labute approximate surface area is 143 Å². The molecule has 0 saturated carbocycles. The van der Waals surface area contributed by atoms with E-state index in [2.05, 4.69) is 66.7 Å². The second kappa shape index (κ2) is 8.01. The van der Waals surface area contributed by atoms with E-state index in [4.69, 9.17) is 0 Å². The average Bonchev–Trinajstić information content (AvgIpc) is 2.78. The van der Waals surface area contributed by atoms with Crippen molar-refractivity contribution in [2.75, 3.05) is 0 Å². The first kappa shape index (κ1) is 17.7. The number of halogens is 2. The number of fused-ring (bicyclic) bond motifs is 1.